The number of aliphatic hydroxyl groups excluding tert-OH is 1. The van der Waals surface area contributed by atoms with E-state index in [1.807, 2.05) is 6.92 Å². The zero-order valence-corrected chi connectivity index (χ0v) is 22.0. The van der Waals surface area contributed by atoms with E-state index in [9.17, 15) is 29.6 Å². The number of methoxy groups -OCH3 is 1. The number of esters is 2. The normalized spacial score (nSPS) is 21.3. The second-order valence-corrected chi connectivity index (χ2v) is 10.3. The maximum Gasteiger partial charge on any atom is 0.355 e. The van der Waals surface area contributed by atoms with Gasteiger partial charge in [0.25, 0.3) is 5.69 Å². The molecule has 13 heteroatoms. The molecule has 39 heavy (non-hydrogen) atoms. The molecule has 202 valence electrons. The van der Waals surface area contributed by atoms with Crippen LogP contribution in [0.1, 0.15) is 30.0 Å². The monoisotopic (exact) mass is 552 g/mol. The Morgan fingerprint density at radius 1 is 1.31 bits per heavy atom. The Morgan fingerprint density at radius 3 is 2.67 bits per heavy atom. The molecule has 2 aliphatic heterocycles. The summed E-state index contributed by atoms with van der Waals surface area (Å²) in [6.07, 6.45) is 5.28. The summed E-state index contributed by atoms with van der Waals surface area (Å²) >= 11 is 1.34. The first kappa shape index (κ1) is 26.3. The van der Waals surface area contributed by atoms with Gasteiger partial charge < -0.3 is 19.5 Å². The number of nitro benzene ring substituents is 1. The highest BCUT2D eigenvalue weighted by Crippen LogP contribution is 2.51. The van der Waals surface area contributed by atoms with Crippen molar-refractivity contribution < 1.29 is 33.9 Å². The molecule has 1 saturated heterocycles. The Balaban J connectivity index is 1.50. The number of nitrogens with zero attached hydrogens (tertiary/aromatic N) is 4. The lowest BCUT2D eigenvalue weighted by atomic mass is 9.77. The Bertz CT molecular complexity index is 1550. The zero-order chi connectivity index (χ0) is 28.0. The van der Waals surface area contributed by atoms with Gasteiger partial charge in [0.15, 0.2) is 0 Å². The molecule has 0 saturated carbocycles. The van der Waals surface area contributed by atoms with Gasteiger partial charge in [-0.3, -0.25) is 19.3 Å². The van der Waals surface area contributed by atoms with Crippen LogP contribution in [0.15, 0.2) is 48.6 Å². The summed E-state index contributed by atoms with van der Waals surface area (Å²) in [5.41, 5.74) is 1.73. The number of carbonyl (C=O) groups is 3. The van der Waals surface area contributed by atoms with Crippen molar-refractivity contribution in [2.24, 2.45) is 11.8 Å². The van der Waals surface area contributed by atoms with E-state index in [1.54, 1.807) is 23.8 Å². The third-order valence-corrected chi connectivity index (χ3v) is 8.12. The van der Waals surface area contributed by atoms with Gasteiger partial charge in [0.1, 0.15) is 23.5 Å². The Labute approximate surface area is 225 Å². The molecule has 3 aromatic rings. The summed E-state index contributed by atoms with van der Waals surface area (Å²) in [4.78, 5) is 55.6. The van der Waals surface area contributed by atoms with E-state index >= 15 is 0 Å². The van der Waals surface area contributed by atoms with Crippen LogP contribution in [0.4, 0.5) is 5.69 Å². The minimum atomic E-state index is -0.892. The van der Waals surface area contributed by atoms with Crippen molar-refractivity contribution >= 4 is 51.3 Å². The summed E-state index contributed by atoms with van der Waals surface area (Å²) in [6.45, 7) is 3.31. The van der Waals surface area contributed by atoms with Crippen LogP contribution < -0.4 is 0 Å². The molecule has 2 aliphatic rings. The van der Waals surface area contributed by atoms with E-state index in [-0.39, 0.29) is 29.8 Å². The second kappa shape index (κ2) is 10.1. The largest absolute Gasteiger partial charge is 0.466 e. The predicted molar refractivity (Wildman–Crippen MR) is 139 cm³/mol. The Kier molecular flexibility index (Phi) is 6.78. The molecule has 0 aliphatic carbocycles. The van der Waals surface area contributed by atoms with Crippen LogP contribution in [-0.4, -0.2) is 61.4 Å². The van der Waals surface area contributed by atoms with Gasteiger partial charge in [-0.15, -0.1) is 11.3 Å². The maximum absolute atomic E-state index is 13.4. The number of carbonyl (C=O) groups excluding carboxylic acids is 3. The molecule has 0 spiro atoms. The van der Waals surface area contributed by atoms with Gasteiger partial charge in [0.05, 0.1) is 40.7 Å². The molecule has 1 amide bonds. The number of amides is 1. The molecule has 2 aromatic heterocycles. The first-order valence-corrected chi connectivity index (χ1v) is 12.8. The minimum absolute atomic E-state index is 0.0812. The Hall–Kier alpha value is -4.36. The van der Waals surface area contributed by atoms with E-state index in [0.29, 0.717) is 21.7 Å². The fraction of sp³-hybridized carbons (Fsp3) is 0.308. The molecular formula is C26H24N4O8S. The van der Waals surface area contributed by atoms with Gasteiger partial charge in [0.2, 0.25) is 5.91 Å². The molecule has 4 heterocycles. The van der Waals surface area contributed by atoms with E-state index < -0.39 is 34.9 Å². The molecule has 4 atom stereocenters. The quantitative estimate of drug-likeness (QED) is 0.146. The molecule has 1 fully saturated rings. The Morgan fingerprint density at radius 2 is 2.03 bits per heavy atom. The number of aromatic nitrogens is 2. The van der Waals surface area contributed by atoms with Crippen LogP contribution in [0.2, 0.25) is 0 Å². The third-order valence-electron chi connectivity index (χ3n) is 6.96. The van der Waals surface area contributed by atoms with Crippen LogP contribution >= 0.6 is 11.3 Å². The average Bonchev–Trinajstić information content (AvgIpc) is 3.55. The summed E-state index contributed by atoms with van der Waals surface area (Å²) in [5, 5.41) is 21.2. The molecule has 5 rings (SSSR count). The summed E-state index contributed by atoms with van der Waals surface area (Å²) < 4.78 is 12.0. The van der Waals surface area contributed by atoms with Gasteiger partial charge in [-0.25, -0.2) is 14.6 Å². The van der Waals surface area contributed by atoms with Crippen molar-refractivity contribution in [3.05, 3.63) is 74.8 Å². The summed E-state index contributed by atoms with van der Waals surface area (Å²) in [6, 6.07) is 5.23. The van der Waals surface area contributed by atoms with Crippen molar-refractivity contribution in [2.75, 3.05) is 7.11 Å². The lowest BCUT2D eigenvalue weighted by molar-refractivity contribution is -0.384. The molecule has 0 unspecified atom stereocenters. The van der Waals surface area contributed by atoms with Crippen molar-refractivity contribution in [2.45, 2.75) is 32.6 Å². The van der Waals surface area contributed by atoms with Gasteiger partial charge in [0, 0.05) is 35.9 Å². The second-order valence-electron chi connectivity index (χ2n) is 9.31. The number of nitro groups is 1. The molecule has 0 bridgehead atoms. The highest BCUT2D eigenvalue weighted by atomic mass is 32.1. The van der Waals surface area contributed by atoms with Gasteiger partial charge in [-0.1, -0.05) is 6.92 Å². The molecule has 1 aromatic carbocycles. The van der Waals surface area contributed by atoms with E-state index in [1.165, 1.54) is 59.8 Å². The number of non-ortho nitro benzene ring substituents is 1. The lowest BCUT2D eigenvalue weighted by Crippen LogP contribution is -2.63. The number of β-lactam (4-membered cyclic amide) rings is 1. The highest BCUT2D eigenvalue weighted by Gasteiger charge is 2.60. The van der Waals surface area contributed by atoms with Crippen molar-refractivity contribution in [1.29, 1.82) is 0 Å². The highest BCUT2D eigenvalue weighted by molar-refractivity contribution is 7.18. The van der Waals surface area contributed by atoms with Crippen molar-refractivity contribution in [3.63, 3.8) is 0 Å². The van der Waals surface area contributed by atoms with E-state index in [0.717, 1.165) is 4.83 Å². The molecule has 12 nitrogen and oxygen atoms in total. The van der Waals surface area contributed by atoms with Crippen molar-refractivity contribution in [3.8, 4) is 0 Å². The summed E-state index contributed by atoms with van der Waals surface area (Å²) in [5.74, 6) is -2.52. The number of hydrogen-bond acceptors (Lipinski definition) is 10. The topological polar surface area (TPSA) is 154 Å². The number of hydrogen-bond donors (Lipinski definition) is 1. The summed E-state index contributed by atoms with van der Waals surface area (Å²) in [7, 11) is 1.28. The van der Waals surface area contributed by atoms with Gasteiger partial charge in [-0.2, -0.15) is 0 Å². The van der Waals surface area contributed by atoms with Crippen LogP contribution in [0.3, 0.4) is 0 Å². The zero-order valence-electron chi connectivity index (χ0n) is 21.1. The smallest absolute Gasteiger partial charge is 0.355 e. The van der Waals surface area contributed by atoms with Crippen molar-refractivity contribution in [1.82, 2.24) is 14.3 Å². The SMILES string of the molecule is COC(=O)C=Cc1ncn2cc(C3=C(C(=O)OCc4ccc([N+](=O)[O-])cc4)N4C(=O)[C@H]([C@@H](C)O)[C@H]4[C@H]3C)sc12. The van der Waals surface area contributed by atoms with Gasteiger partial charge >= 0.3 is 11.9 Å². The van der Waals surface area contributed by atoms with Crippen LogP contribution in [0.5, 0.6) is 0 Å². The number of rotatable bonds is 8. The van der Waals surface area contributed by atoms with Crippen LogP contribution in [-0.2, 0) is 30.5 Å². The number of benzene rings is 1. The standard InChI is InChI=1S/C26H24N4O8S/c1-13-20(18-10-28-12-27-17(25(28)39-18)8-9-19(32)37-3)23(29-22(13)21(14(2)31)24(29)33)26(34)38-11-15-4-6-16(7-5-15)30(35)36/h4-10,12-14,21-22,31H,11H2,1-3H3/t13-,14+,21+,22+/m0/s1. The molecular weight excluding hydrogens is 528 g/mol. The van der Waals surface area contributed by atoms with Crippen LogP contribution in [0, 0.1) is 22.0 Å². The first-order valence-electron chi connectivity index (χ1n) is 12.0. The van der Waals surface area contributed by atoms with E-state index in [4.69, 9.17) is 4.74 Å². The third kappa shape index (κ3) is 4.49. The number of imidazole rings is 1. The number of thiazole rings is 1. The lowest BCUT2D eigenvalue weighted by Gasteiger charge is -2.46. The number of fused-ring (bicyclic) bond motifs is 2. The number of ether oxygens (including phenoxy) is 2. The first-order chi connectivity index (χ1) is 18.6. The maximum atomic E-state index is 13.4. The van der Waals surface area contributed by atoms with Gasteiger partial charge in [-0.05, 0) is 30.7 Å². The van der Waals surface area contributed by atoms with Crippen LogP contribution in [0.25, 0.3) is 16.5 Å². The fourth-order valence-electron chi connectivity index (χ4n) is 5.09. The average molecular weight is 553 g/mol. The fourth-order valence-corrected chi connectivity index (χ4v) is 6.28. The molecule has 0 radical (unpaired) electrons. The number of aliphatic hydroxyl groups is 1. The van der Waals surface area contributed by atoms with E-state index in [2.05, 4.69) is 9.72 Å². The predicted octanol–water partition coefficient (Wildman–Crippen LogP) is 2.80. The molecule has 1 N–H and O–H groups in total. The minimum Gasteiger partial charge on any atom is -0.466 e.